The van der Waals surface area contributed by atoms with Crippen molar-refractivity contribution in [2.24, 2.45) is 0 Å². The van der Waals surface area contributed by atoms with E-state index in [0.717, 1.165) is 17.5 Å². The number of carbonyl (C=O) groups excluding carboxylic acids is 2. The van der Waals surface area contributed by atoms with Gasteiger partial charge in [-0.2, -0.15) is 0 Å². The quantitative estimate of drug-likeness (QED) is 0.338. The molecule has 0 radical (unpaired) electrons. The number of thiophene rings is 1. The lowest BCUT2D eigenvalue weighted by Gasteiger charge is -2.07. The van der Waals surface area contributed by atoms with Gasteiger partial charge in [0.2, 0.25) is 0 Å². The van der Waals surface area contributed by atoms with E-state index in [9.17, 15) is 14.4 Å². The maximum atomic E-state index is 11.7. The highest BCUT2D eigenvalue weighted by Gasteiger charge is 2.22. The third kappa shape index (κ3) is 4.74. The van der Waals surface area contributed by atoms with Gasteiger partial charge in [0.15, 0.2) is 5.57 Å². The number of carboxylic acids is 1. The maximum absolute atomic E-state index is 11.7. The van der Waals surface area contributed by atoms with E-state index in [1.165, 1.54) is 6.07 Å². The van der Waals surface area contributed by atoms with Crippen LogP contribution in [-0.2, 0) is 19.1 Å². The fraction of sp³-hybridized carbons (Fsp3) is 0.308. The number of ether oxygens (including phenoxy) is 2. The fourth-order valence-electron chi connectivity index (χ4n) is 1.38. The highest BCUT2D eigenvalue weighted by Crippen LogP contribution is 2.31. The van der Waals surface area contributed by atoms with Crippen molar-refractivity contribution in [2.45, 2.75) is 13.8 Å². The van der Waals surface area contributed by atoms with Gasteiger partial charge in [-0.3, -0.25) is 0 Å². The summed E-state index contributed by atoms with van der Waals surface area (Å²) in [6.07, 6.45) is 1.05. The molecule has 0 fully saturated rings. The molecule has 2 N–H and O–H groups in total. The lowest BCUT2D eigenvalue weighted by atomic mass is 10.3. The van der Waals surface area contributed by atoms with E-state index in [1.807, 2.05) is 0 Å². The minimum atomic E-state index is -1.19. The first-order valence-corrected chi connectivity index (χ1v) is 7.43. The number of esters is 2. The molecule has 1 aromatic heterocycles. The molecule has 7 nitrogen and oxygen atoms in total. The number of halogens is 1. The van der Waals surface area contributed by atoms with Crippen LogP contribution in [0, 0.1) is 0 Å². The van der Waals surface area contributed by atoms with Crippen molar-refractivity contribution in [1.82, 2.24) is 0 Å². The first-order chi connectivity index (χ1) is 10.4. The standard InChI is InChI=1S/C13H14ClNO6S/c1-3-20-12(18)8(13(19)21-4-2)6-15-10-7(11(16)17)5-9(14)22-10/h5-6,15H,3-4H2,1-2H3,(H,16,17). The summed E-state index contributed by atoms with van der Waals surface area (Å²) >= 11 is 6.72. The van der Waals surface area contributed by atoms with Gasteiger partial charge in [-0.15, -0.1) is 11.3 Å². The summed E-state index contributed by atoms with van der Waals surface area (Å²) in [5, 5.41) is 11.8. The van der Waals surface area contributed by atoms with Crippen molar-refractivity contribution < 1.29 is 29.0 Å². The second-order valence-corrected chi connectivity index (χ2v) is 5.43. The molecule has 0 spiro atoms. The predicted molar refractivity (Wildman–Crippen MR) is 81.3 cm³/mol. The molecule has 0 atom stereocenters. The molecule has 0 amide bonds. The third-order valence-electron chi connectivity index (χ3n) is 2.27. The SMILES string of the molecule is CCOC(=O)C(=CNc1sc(Cl)cc1C(=O)O)C(=O)OCC. The number of hydrogen-bond donors (Lipinski definition) is 2. The van der Waals surface area contributed by atoms with Gasteiger partial charge in [-0.1, -0.05) is 11.6 Å². The number of nitrogens with one attached hydrogen (secondary N) is 1. The normalized spacial score (nSPS) is 9.77. The Balaban J connectivity index is 3.05. The summed E-state index contributed by atoms with van der Waals surface area (Å²) in [4.78, 5) is 34.5. The van der Waals surface area contributed by atoms with Crippen LogP contribution in [0.4, 0.5) is 5.00 Å². The fourth-order valence-corrected chi connectivity index (χ4v) is 2.47. The topological polar surface area (TPSA) is 102 Å². The van der Waals surface area contributed by atoms with Crippen LogP contribution < -0.4 is 5.32 Å². The van der Waals surface area contributed by atoms with Crippen LogP contribution in [-0.4, -0.2) is 36.2 Å². The van der Waals surface area contributed by atoms with Crippen LogP contribution in [0.3, 0.4) is 0 Å². The van der Waals surface area contributed by atoms with E-state index >= 15 is 0 Å². The van der Waals surface area contributed by atoms with Crippen LogP contribution in [0.1, 0.15) is 24.2 Å². The van der Waals surface area contributed by atoms with Crippen molar-refractivity contribution in [1.29, 1.82) is 0 Å². The van der Waals surface area contributed by atoms with E-state index in [2.05, 4.69) is 5.32 Å². The average Bonchev–Trinajstić information content (AvgIpc) is 2.81. The molecule has 0 aliphatic carbocycles. The third-order valence-corrected chi connectivity index (χ3v) is 3.47. The Morgan fingerprint density at radius 1 is 1.27 bits per heavy atom. The van der Waals surface area contributed by atoms with E-state index < -0.39 is 17.9 Å². The summed E-state index contributed by atoms with van der Waals surface area (Å²) < 4.78 is 9.76. The lowest BCUT2D eigenvalue weighted by Crippen LogP contribution is -2.19. The van der Waals surface area contributed by atoms with Crippen LogP contribution in [0.5, 0.6) is 0 Å². The number of aromatic carboxylic acids is 1. The summed E-state index contributed by atoms with van der Waals surface area (Å²) in [5.41, 5.74) is -0.442. The van der Waals surface area contributed by atoms with E-state index in [0.29, 0.717) is 0 Å². The van der Waals surface area contributed by atoms with Crippen LogP contribution in [0.15, 0.2) is 17.8 Å². The van der Waals surface area contributed by atoms with Gasteiger partial charge in [0.1, 0.15) is 5.00 Å². The molecule has 120 valence electrons. The highest BCUT2D eigenvalue weighted by atomic mass is 35.5. The molecule has 0 aliphatic rings. The number of rotatable bonds is 7. The van der Waals surface area contributed by atoms with E-state index in [1.54, 1.807) is 13.8 Å². The van der Waals surface area contributed by atoms with Crippen LogP contribution in [0.25, 0.3) is 0 Å². The molecule has 9 heteroatoms. The van der Waals surface area contributed by atoms with Gasteiger partial charge in [-0.05, 0) is 19.9 Å². The summed E-state index contributed by atoms with van der Waals surface area (Å²) in [6.45, 7) is 3.35. The van der Waals surface area contributed by atoms with Crippen molar-refractivity contribution in [3.63, 3.8) is 0 Å². The Morgan fingerprint density at radius 3 is 2.27 bits per heavy atom. The van der Waals surface area contributed by atoms with Crippen molar-refractivity contribution in [3.8, 4) is 0 Å². The van der Waals surface area contributed by atoms with Gasteiger partial charge in [0, 0.05) is 6.20 Å². The molecule has 0 unspecified atom stereocenters. The van der Waals surface area contributed by atoms with Gasteiger partial charge in [-0.25, -0.2) is 14.4 Å². The van der Waals surface area contributed by atoms with Crippen molar-refractivity contribution in [3.05, 3.63) is 27.7 Å². The summed E-state index contributed by atoms with van der Waals surface area (Å²) in [7, 11) is 0. The smallest absolute Gasteiger partial charge is 0.347 e. The lowest BCUT2D eigenvalue weighted by molar-refractivity contribution is -0.146. The molecule has 0 saturated heterocycles. The van der Waals surface area contributed by atoms with Gasteiger partial charge in [0.25, 0.3) is 0 Å². The molecular weight excluding hydrogens is 334 g/mol. The monoisotopic (exact) mass is 347 g/mol. The number of anilines is 1. The summed E-state index contributed by atoms with van der Waals surface area (Å²) in [6, 6.07) is 1.26. The number of hydrogen-bond acceptors (Lipinski definition) is 7. The molecule has 0 aromatic carbocycles. The van der Waals surface area contributed by atoms with Crippen molar-refractivity contribution >= 4 is 45.8 Å². The zero-order valence-corrected chi connectivity index (χ0v) is 13.4. The molecule has 0 aliphatic heterocycles. The van der Waals surface area contributed by atoms with Crippen molar-refractivity contribution in [2.75, 3.05) is 18.5 Å². The molecular formula is C13H14ClNO6S. The molecule has 1 rings (SSSR count). The minimum absolute atomic E-state index is 0.0710. The molecule has 22 heavy (non-hydrogen) atoms. The molecule has 0 bridgehead atoms. The second kappa shape index (κ2) is 8.40. The number of carboxylic acid groups (broad SMARTS) is 1. The largest absolute Gasteiger partial charge is 0.478 e. The first-order valence-electron chi connectivity index (χ1n) is 6.24. The molecule has 1 heterocycles. The zero-order chi connectivity index (χ0) is 16.7. The Labute approximate surface area is 135 Å². The minimum Gasteiger partial charge on any atom is -0.478 e. The number of carbonyl (C=O) groups is 3. The van der Waals surface area contributed by atoms with Crippen LogP contribution >= 0.6 is 22.9 Å². The van der Waals surface area contributed by atoms with E-state index in [4.69, 9.17) is 26.2 Å². The zero-order valence-electron chi connectivity index (χ0n) is 11.8. The van der Waals surface area contributed by atoms with Gasteiger partial charge >= 0.3 is 17.9 Å². The van der Waals surface area contributed by atoms with Crippen LogP contribution in [0.2, 0.25) is 4.34 Å². The highest BCUT2D eigenvalue weighted by molar-refractivity contribution is 7.20. The molecule has 0 saturated carbocycles. The Kier molecular flexibility index (Phi) is 6.87. The van der Waals surface area contributed by atoms with Gasteiger partial charge < -0.3 is 19.9 Å². The van der Waals surface area contributed by atoms with Gasteiger partial charge in [0.05, 0.1) is 23.1 Å². The predicted octanol–water partition coefficient (Wildman–Crippen LogP) is 2.52. The maximum Gasteiger partial charge on any atom is 0.347 e. The first kappa shape index (κ1) is 18.0. The second-order valence-electron chi connectivity index (χ2n) is 3.74. The Bertz CT molecular complexity index is 590. The average molecular weight is 348 g/mol. The Morgan fingerprint density at radius 2 is 1.82 bits per heavy atom. The van der Waals surface area contributed by atoms with E-state index in [-0.39, 0.29) is 33.7 Å². The Hall–Kier alpha value is -2.06. The molecule has 1 aromatic rings. The summed E-state index contributed by atoms with van der Waals surface area (Å²) in [5.74, 6) is -2.92.